The lowest BCUT2D eigenvalue weighted by Crippen LogP contribution is -2.43. The number of piperidine rings is 1. The number of nitrogens with zero attached hydrogens (tertiary/aromatic N) is 4. The Morgan fingerprint density at radius 1 is 1.24 bits per heavy atom. The molecule has 0 bridgehead atoms. The van der Waals surface area contributed by atoms with Crippen molar-refractivity contribution in [2.24, 2.45) is 5.92 Å². The molecule has 0 unspecified atom stereocenters. The molecule has 1 aliphatic rings. The summed E-state index contributed by atoms with van der Waals surface area (Å²) in [6.45, 7) is 5.76. The highest BCUT2D eigenvalue weighted by Crippen LogP contribution is 2.29. The molecular weight excluding hydrogens is 440 g/mol. The molecule has 33 heavy (non-hydrogen) atoms. The Hall–Kier alpha value is -3.27. The zero-order valence-electron chi connectivity index (χ0n) is 18.8. The second-order valence-corrected chi connectivity index (χ2v) is 9.04. The highest BCUT2D eigenvalue weighted by molar-refractivity contribution is 7.22. The van der Waals surface area contributed by atoms with Crippen LogP contribution in [0.25, 0.3) is 10.3 Å². The van der Waals surface area contributed by atoms with E-state index in [1.54, 1.807) is 0 Å². The Kier molecular flexibility index (Phi) is 7.02. The molecule has 1 aromatic carbocycles. The summed E-state index contributed by atoms with van der Waals surface area (Å²) >= 11 is 1.26. The maximum absolute atomic E-state index is 13.0. The molecule has 3 aromatic rings. The van der Waals surface area contributed by atoms with Crippen molar-refractivity contribution in [3.8, 4) is 0 Å². The van der Waals surface area contributed by atoms with Crippen molar-refractivity contribution in [3.05, 3.63) is 46.5 Å². The number of carbonyl (C=O) groups is 2. The third-order valence-electron chi connectivity index (χ3n) is 5.77. The summed E-state index contributed by atoms with van der Waals surface area (Å²) in [4.78, 5) is 48.8. The van der Waals surface area contributed by atoms with Crippen LogP contribution in [0, 0.1) is 5.92 Å². The van der Waals surface area contributed by atoms with Crippen LogP contribution in [0.2, 0.25) is 0 Å². The zero-order valence-corrected chi connectivity index (χ0v) is 19.7. The van der Waals surface area contributed by atoms with Crippen LogP contribution in [-0.4, -0.2) is 46.0 Å². The number of hydrogen-bond acceptors (Lipinski definition) is 7. The van der Waals surface area contributed by atoms with E-state index in [2.05, 4.69) is 20.6 Å². The lowest BCUT2D eigenvalue weighted by Gasteiger charge is -2.31. The molecule has 10 heteroatoms. The molecule has 1 aliphatic heterocycles. The quantitative estimate of drug-likeness (QED) is 0.551. The summed E-state index contributed by atoms with van der Waals surface area (Å²) in [5, 5.41) is 6.45. The molecule has 0 saturated carbocycles. The third kappa shape index (κ3) is 5.05. The number of amides is 2. The van der Waals surface area contributed by atoms with E-state index in [-0.39, 0.29) is 29.8 Å². The average Bonchev–Trinajstić information content (AvgIpc) is 3.27. The van der Waals surface area contributed by atoms with Crippen molar-refractivity contribution < 1.29 is 9.59 Å². The number of carbonyl (C=O) groups excluding carboxylic acids is 2. The fourth-order valence-corrected chi connectivity index (χ4v) is 5.07. The molecule has 2 aromatic heterocycles. The summed E-state index contributed by atoms with van der Waals surface area (Å²) in [5.74, 6) is -0.325. The maximum atomic E-state index is 13.0. The zero-order chi connectivity index (χ0) is 23.4. The molecule has 3 heterocycles. The molecule has 9 nitrogen and oxygen atoms in total. The number of nitrogens with one attached hydrogen (secondary N) is 2. The highest BCUT2D eigenvalue weighted by atomic mass is 32.1. The number of aryl methyl sites for hydroxylation is 1. The van der Waals surface area contributed by atoms with E-state index in [0.717, 1.165) is 37.1 Å². The van der Waals surface area contributed by atoms with Crippen LogP contribution in [0.3, 0.4) is 0 Å². The number of rotatable bonds is 7. The average molecular weight is 469 g/mol. The monoisotopic (exact) mass is 468 g/mol. The summed E-state index contributed by atoms with van der Waals surface area (Å²) in [6, 6.07) is 7.61. The van der Waals surface area contributed by atoms with E-state index in [1.807, 2.05) is 43.0 Å². The minimum Gasteiger partial charge on any atom is -0.356 e. The van der Waals surface area contributed by atoms with E-state index in [0.29, 0.717) is 28.6 Å². The van der Waals surface area contributed by atoms with Crippen LogP contribution in [0.4, 0.5) is 10.8 Å². The summed E-state index contributed by atoms with van der Waals surface area (Å²) < 4.78 is 1.72. The van der Waals surface area contributed by atoms with Crippen LogP contribution >= 0.6 is 11.3 Å². The smallest absolute Gasteiger partial charge is 0.273 e. The molecule has 1 saturated heterocycles. The number of thiazole rings is 1. The predicted molar refractivity (Wildman–Crippen MR) is 130 cm³/mol. The molecule has 2 N–H and O–H groups in total. The molecule has 1 atom stereocenters. The van der Waals surface area contributed by atoms with Crippen molar-refractivity contribution in [3.63, 3.8) is 0 Å². The van der Waals surface area contributed by atoms with Crippen molar-refractivity contribution in [2.45, 2.75) is 39.7 Å². The van der Waals surface area contributed by atoms with Crippen molar-refractivity contribution >= 4 is 44.3 Å². The van der Waals surface area contributed by atoms with Gasteiger partial charge in [0.1, 0.15) is 17.6 Å². The molecule has 174 valence electrons. The van der Waals surface area contributed by atoms with Gasteiger partial charge in [-0.15, -0.1) is 0 Å². The van der Waals surface area contributed by atoms with Gasteiger partial charge in [0.15, 0.2) is 10.8 Å². The lowest BCUT2D eigenvalue weighted by atomic mass is 9.97. The van der Waals surface area contributed by atoms with Gasteiger partial charge >= 0.3 is 0 Å². The topological polar surface area (TPSA) is 109 Å². The first kappa shape index (κ1) is 22.9. The predicted octanol–water partition coefficient (Wildman–Crippen LogP) is 2.41. The molecule has 1 fully saturated rings. The largest absolute Gasteiger partial charge is 0.356 e. The van der Waals surface area contributed by atoms with Crippen LogP contribution in [0.15, 0.2) is 35.4 Å². The van der Waals surface area contributed by atoms with Gasteiger partial charge in [-0.1, -0.05) is 36.5 Å². The molecule has 0 spiro atoms. The minimum atomic E-state index is -0.292. The second-order valence-electron chi connectivity index (χ2n) is 8.07. The number of para-hydroxylation sites is 1. The maximum Gasteiger partial charge on any atom is 0.273 e. The van der Waals surface area contributed by atoms with E-state index in [9.17, 15) is 14.4 Å². The first-order valence-corrected chi connectivity index (χ1v) is 12.1. The molecular formula is C23H28N6O3S. The van der Waals surface area contributed by atoms with E-state index in [4.69, 9.17) is 0 Å². The van der Waals surface area contributed by atoms with Gasteiger partial charge in [-0.05, 0) is 37.8 Å². The number of hydrogen-bond donors (Lipinski definition) is 2. The van der Waals surface area contributed by atoms with E-state index < -0.39 is 0 Å². The Balaban J connectivity index is 1.51. The fraction of sp³-hybridized carbons (Fsp3) is 0.435. The van der Waals surface area contributed by atoms with E-state index >= 15 is 0 Å². The summed E-state index contributed by atoms with van der Waals surface area (Å²) in [7, 11) is 0. The van der Waals surface area contributed by atoms with Gasteiger partial charge in [-0.25, -0.2) is 4.98 Å². The van der Waals surface area contributed by atoms with Crippen LogP contribution < -0.4 is 21.1 Å². The van der Waals surface area contributed by atoms with Gasteiger partial charge in [0.2, 0.25) is 11.8 Å². The van der Waals surface area contributed by atoms with Crippen molar-refractivity contribution in [1.29, 1.82) is 0 Å². The van der Waals surface area contributed by atoms with Gasteiger partial charge in [0.25, 0.3) is 5.56 Å². The summed E-state index contributed by atoms with van der Waals surface area (Å²) in [5.41, 5.74) is 1.86. The SMILES string of the molecule is CCNC(=O)[C@H]1CCCN(c2nc3ncn(CC(=O)Nc4ccccc4CC)c(=O)c3s2)C1. The number of aromatic nitrogens is 3. The van der Waals surface area contributed by atoms with Crippen LogP contribution in [-0.2, 0) is 22.6 Å². The Morgan fingerprint density at radius 3 is 2.85 bits per heavy atom. The third-order valence-corrected chi connectivity index (χ3v) is 6.87. The molecule has 0 radical (unpaired) electrons. The van der Waals surface area contributed by atoms with Gasteiger partial charge in [-0.3, -0.25) is 19.0 Å². The molecule has 0 aliphatic carbocycles. The van der Waals surface area contributed by atoms with Gasteiger partial charge in [0, 0.05) is 25.3 Å². The Morgan fingerprint density at radius 2 is 2.06 bits per heavy atom. The van der Waals surface area contributed by atoms with Gasteiger partial charge in [0.05, 0.1) is 5.92 Å². The highest BCUT2D eigenvalue weighted by Gasteiger charge is 2.27. The number of fused-ring (bicyclic) bond motifs is 1. The second kappa shape index (κ2) is 10.1. The lowest BCUT2D eigenvalue weighted by molar-refractivity contribution is -0.125. The van der Waals surface area contributed by atoms with Crippen LogP contribution in [0.1, 0.15) is 32.3 Å². The van der Waals surface area contributed by atoms with Crippen molar-refractivity contribution in [1.82, 2.24) is 19.9 Å². The van der Waals surface area contributed by atoms with Crippen LogP contribution in [0.5, 0.6) is 0 Å². The first-order chi connectivity index (χ1) is 16.0. The molecule has 2 amide bonds. The Labute approximate surface area is 195 Å². The van der Waals surface area contributed by atoms with E-state index in [1.165, 1.54) is 22.2 Å². The summed E-state index contributed by atoms with van der Waals surface area (Å²) in [6.07, 6.45) is 3.89. The minimum absolute atomic E-state index is 0.0550. The fourth-order valence-electron chi connectivity index (χ4n) is 4.06. The number of anilines is 2. The van der Waals surface area contributed by atoms with Gasteiger partial charge < -0.3 is 15.5 Å². The Bertz CT molecular complexity index is 1220. The van der Waals surface area contributed by atoms with Gasteiger partial charge in [-0.2, -0.15) is 4.98 Å². The number of benzene rings is 1. The normalized spacial score (nSPS) is 16.1. The van der Waals surface area contributed by atoms with Crippen molar-refractivity contribution in [2.75, 3.05) is 29.9 Å². The molecule has 4 rings (SSSR count). The standard InChI is InChI=1S/C23H28N6O3S/c1-3-15-8-5-6-10-17(15)26-18(30)13-29-14-25-20-19(22(29)32)33-23(27-20)28-11-7-9-16(12-28)21(31)24-4-2/h5-6,8,10,14,16H,3-4,7,9,11-13H2,1-2H3,(H,24,31)(H,26,30)/t16-/m0/s1. The first-order valence-electron chi connectivity index (χ1n) is 11.3.